The van der Waals surface area contributed by atoms with Gasteiger partial charge in [0.25, 0.3) is 0 Å². The summed E-state index contributed by atoms with van der Waals surface area (Å²) in [5.74, 6) is 0.619. The maximum absolute atomic E-state index is 12.8. The van der Waals surface area contributed by atoms with E-state index in [1.807, 2.05) is 49.7 Å². The molecular formula is C35H37N7O5S. The second kappa shape index (κ2) is 11.2. The van der Waals surface area contributed by atoms with Crippen LogP contribution in [0.15, 0.2) is 76.6 Å². The summed E-state index contributed by atoms with van der Waals surface area (Å²) >= 11 is 0. The van der Waals surface area contributed by atoms with Crippen LogP contribution >= 0.6 is 0 Å². The quantitative estimate of drug-likeness (QED) is 0.256. The van der Waals surface area contributed by atoms with Crippen LogP contribution in [0.2, 0.25) is 0 Å². The number of nitrogens with one attached hydrogen (secondary N) is 2. The number of hydrogen-bond acceptors (Lipinski definition) is 6. The van der Waals surface area contributed by atoms with Crippen LogP contribution in [-0.4, -0.2) is 68.8 Å². The van der Waals surface area contributed by atoms with E-state index < -0.39 is 15.6 Å². The second-order valence-corrected chi connectivity index (χ2v) is 15.0. The smallest absolute Gasteiger partial charge is 0.410 e. The number of aromatic nitrogens is 5. The molecule has 0 unspecified atom stereocenters. The average molecular weight is 668 g/mol. The molecule has 0 bridgehead atoms. The van der Waals surface area contributed by atoms with Crippen molar-refractivity contribution in [2.24, 2.45) is 14.1 Å². The van der Waals surface area contributed by atoms with E-state index in [9.17, 15) is 18.0 Å². The highest BCUT2D eigenvalue weighted by molar-refractivity contribution is 7.89. The number of benzene rings is 3. The van der Waals surface area contributed by atoms with Crippen molar-refractivity contribution >= 4 is 54.7 Å². The number of sulfonamides is 1. The summed E-state index contributed by atoms with van der Waals surface area (Å²) in [7, 11) is 1.12. The molecule has 0 radical (unpaired) electrons. The SMILES string of the molecule is CNS(=O)(=O)c1ccc2nc(-c3c[nH]c4cc(C5=CCN(C(=O)OC(C)(C)C)CC5)ccc34)n(-c3ccc4c(c3)n(C)c(=O)n4C)c2c1. The Morgan fingerprint density at radius 1 is 0.979 bits per heavy atom. The van der Waals surface area contributed by atoms with Gasteiger partial charge < -0.3 is 14.6 Å². The number of carbonyl (C=O) groups is 1. The molecule has 248 valence electrons. The number of amides is 1. The Balaban J connectivity index is 1.33. The van der Waals surface area contributed by atoms with Crippen molar-refractivity contribution in [1.29, 1.82) is 0 Å². The highest BCUT2D eigenvalue weighted by atomic mass is 32.2. The van der Waals surface area contributed by atoms with Gasteiger partial charge in [0.15, 0.2) is 0 Å². The van der Waals surface area contributed by atoms with Crippen molar-refractivity contribution in [3.63, 3.8) is 0 Å². The van der Waals surface area contributed by atoms with Crippen molar-refractivity contribution in [1.82, 2.24) is 33.3 Å². The number of ether oxygens (including phenoxy) is 1. The molecule has 0 atom stereocenters. The van der Waals surface area contributed by atoms with Crippen molar-refractivity contribution in [2.75, 3.05) is 20.1 Å². The van der Waals surface area contributed by atoms with Crippen molar-refractivity contribution in [3.8, 4) is 17.1 Å². The van der Waals surface area contributed by atoms with E-state index in [0.717, 1.165) is 44.3 Å². The van der Waals surface area contributed by atoms with E-state index in [2.05, 4.69) is 34.0 Å². The van der Waals surface area contributed by atoms with E-state index in [-0.39, 0.29) is 16.7 Å². The summed E-state index contributed by atoms with van der Waals surface area (Å²) < 4.78 is 38.7. The molecule has 6 aromatic rings. The van der Waals surface area contributed by atoms with Crippen LogP contribution < -0.4 is 10.4 Å². The molecule has 0 saturated heterocycles. The summed E-state index contributed by atoms with van der Waals surface area (Å²) in [5.41, 5.74) is 6.75. The first-order valence-corrected chi connectivity index (χ1v) is 17.1. The first-order valence-electron chi connectivity index (χ1n) is 15.7. The van der Waals surface area contributed by atoms with Crippen LogP contribution in [0.25, 0.3) is 55.6 Å². The van der Waals surface area contributed by atoms with Crippen LogP contribution in [0, 0.1) is 0 Å². The molecule has 0 saturated carbocycles. The third-order valence-corrected chi connectivity index (χ3v) is 10.3. The van der Waals surface area contributed by atoms with E-state index in [0.29, 0.717) is 36.4 Å². The summed E-state index contributed by atoms with van der Waals surface area (Å²) in [4.78, 5) is 35.5. The number of H-pyrrole nitrogens is 1. The van der Waals surface area contributed by atoms with E-state index >= 15 is 0 Å². The summed E-state index contributed by atoms with van der Waals surface area (Å²) in [6, 6.07) is 16.8. The fourth-order valence-corrected chi connectivity index (χ4v) is 7.10. The number of hydrogen-bond donors (Lipinski definition) is 2. The first kappa shape index (κ1) is 31.5. The van der Waals surface area contributed by atoms with Gasteiger partial charge in [-0.2, -0.15) is 0 Å². The van der Waals surface area contributed by atoms with Gasteiger partial charge in [0.1, 0.15) is 11.4 Å². The van der Waals surface area contributed by atoms with Gasteiger partial charge in [-0.05, 0) is 87.8 Å². The summed E-state index contributed by atoms with van der Waals surface area (Å²) in [5, 5.41) is 0.943. The summed E-state index contributed by atoms with van der Waals surface area (Å²) in [6.45, 7) is 6.64. The lowest BCUT2D eigenvalue weighted by atomic mass is 9.98. The van der Waals surface area contributed by atoms with Crippen molar-refractivity contribution < 1.29 is 17.9 Å². The van der Waals surface area contributed by atoms with Crippen molar-refractivity contribution in [3.05, 3.63) is 82.9 Å². The molecule has 1 amide bonds. The maximum atomic E-state index is 12.8. The fraction of sp³-hybridized carbons (Fsp3) is 0.286. The number of rotatable bonds is 5. The Kier molecular flexibility index (Phi) is 7.37. The molecule has 0 aliphatic carbocycles. The first-order chi connectivity index (χ1) is 22.8. The normalized spacial score (nSPS) is 14.3. The Morgan fingerprint density at radius 2 is 1.75 bits per heavy atom. The Morgan fingerprint density at radius 3 is 2.46 bits per heavy atom. The molecule has 4 heterocycles. The number of imidazole rings is 2. The number of fused-ring (bicyclic) bond motifs is 3. The molecule has 7 rings (SSSR count). The molecule has 48 heavy (non-hydrogen) atoms. The fourth-order valence-electron chi connectivity index (χ4n) is 6.35. The lowest BCUT2D eigenvalue weighted by molar-refractivity contribution is 0.0270. The zero-order valence-electron chi connectivity index (χ0n) is 27.7. The highest BCUT2D eigenvalue weighted by Crippen LogP contribution is 2.36. The van der Waals surface area contributed by atoms with Crippen molar-refractivity contribution in [2.45, 2.75) is 37.7 Å². The van der Waals surface area contributed by atoms with Crippen LogP contribution in [0.3, 0.4) is 0 Å². The Bertz CT molecular complexity index is 2470. The van der Waals surface area contributed by atoms with Crippen LogP contribution in [-0.2, 0) is 28.9 Å². The third kappa shape index (κ3) is 5.28. The van der Waals surface area contributed by atoms with Gasteiger partial charge in [-0.3, -0.25) is 13.7 Å². The molecule has 3 aromatic heterocycles. The largest absolute Gasteiger partial charge is 0.444 e. The van der Waals surface area contributed by atoms with Gasteiger partial charge in [0, 0.05) is 55.5 Å². The molecular weight excluding hydrogens is 630 g/mol. The number of carbonyl (C=O) groups excluding carboxylic acids is 1. The minimum atomic E-state index is -3.72. The van der Waals surface area contributed by atoms with Crippen LogP contribution in [0.4, 0.5) is 4.79 Å². The standard InChI is InChI=1S/C35H37N7O5S/c1-35(2,3)47-34(44)41-15-13-21(14-16-41)22-7-10-25-26(20-37-28(25)17-22)32-38-27-11-9-24(48(45,46)36-4)19-30(27)42(32)23-8-12-29-31(18-23)40(6)33(43)39(29)5/h7-13,17-20,36-37H,14-16H2,1-6H3. The predicted octanol–water partition coefficient (Wildman–Crippen LogP) is 5.30. The average Bonchev–Trinajstić information content (AvgIpc) is 3.72. The number of aromatic amines is 1. The third-order valence-electron chi connectivity index (χ3n) is 8.87. The van der Waals surface area contributed by atoms with Gasteiger partial charge in [0.05, 0.1) is 27.0 Å². The van der Waals surface area contributed by atoms with Gasteiger partial charge in [0.2, 0.25) is 10.0 Å². The molecule has 0 fully saturated rings. The van der Waals surface area contributed by atoms with Crippen LogP contribution in [0.1, 0.15) is 32.8 Å². The summed E-state index contributed by atoms with van der Waals surface area (Å²) in [6.07, 6.45) is 4.38. The predicted molar refractivity (Wildman–Crippen MR) is 187 cm³/mol. The molecule has 12 nitrogen and oxygen atoms in total. The zero-order valence-corrected chi connectivity index (χ0v) is 28.5. The number of nitrogens with zero attached hydrogens (tertiary/aromatic N) is 5. The zero-order chi connectivity index (χ0) is 34.1. The lowest BCUT2D eigenvalue weighted by Gasteiger charge is -2.29. The molecule has 3 aromatic carbocycles. The topological polar surface area (TPSA) is 136 Å². The van der Waals surface area contributed by atoms with E-state index in [4.69, 9.17) is 9.72 Å². The molecule has 1 aliphatic rings. The molecule has 1 aliphatic heterocycles. The minimum absolute atomic E-state index is 0.118. The van der Waals surface area contributed by atoms with Gasteiger partial charge in [-0.15, -0.1) is 0 Å². The van der Waals surface area contributed by atoms with Gasteiger partial charge in [-0.1, -0.05) is 18.2 Å². The Labute approximate surface area is 277 Å². The minimum Gasteiger partial charge on any atom is -0.444 e. The van der Waals surface area contributed by atoms with Gasteiger partial charge in [-0.25, -0.2) is 27.7 Å². The maximum Gasteiger partial charge on any atom is 0.410 e. The lowest BCUT2D eigenvalue weighted by Crippen LogP contribution is -2.39. The Hall–Kier alpha value is -5.14. The monoisotopic (exact) mass is 667 g/mol. The highest BCUT2D eigenvalue weighted by Gasteiger charge is 2.25. The molecule has 13 heteroatoms. The van der Waals surface area contributed by atoms with Gasteiger partial charge >= 0.3 is 11.8 Å². The number of aryl methyl sites for hydroxylation is 2. The van der Waals surface area contributed by atoms with Crippen LogP contribution in [0.5, 0.6) is 0 Å². The second-order valence-electron chi connectivity index (χ2n) is 13.1. The van der Waals surface area contributed by atoms with E-state index in [1.54, 1.807) is 46.3 Å². The van der Waals surface area contributed by atoms with E-state index in [1.165, 1.54) is 7.05 Å². The molecule has 0 spiro atoms. The molecule has 2 N–H and O–H groups in total.